The molecule has 0 spiro atoms. The van der Waals surface area contributed by atoms with E-state index in [2.05, 4.69) is 17.1 Å². The molecule has 0 aromatic rings. The van der Waals surface area contributed by atoms with Crippen molar-refractivity contribution < 1.29 is 9.53 Å². The summed E-state index contributed by atoms with van der Waals surface area (Å²) in [7, 11) is 0. The number of ether oxygens (including phenoxy) is 1. The summed E-state index contributed by atoms with van der Waals surface area (Å²) in [5, 5.41) is 2.98. The van der Waals surface area contributed by atoms with Crippen molar-refractivity contribution in [1.82, 2.24) is 10.2 Å². The van der Waals surface area contributed by atoms with Gasteiger partial charge in [0.2, 0.25) is 5.91 Å². The van der Waals surface area contributed by atoms with Gasteiger partial charge in [0.25, 0.3) is 0 Å². The first kappa shape index (κ1) is 16.4. The Hall–Kier alpha value is -0.650. The second-order valence-electron chi connectivity index (χ2n) is 5.90. The molecule has 1 aliphatic heterocycles. The summed E-state index contributed by atoms with van der Waals surface area (Å²) < 4.78 is 5.32. The summed E-state index contributed by atoms with van der Waals surface area (Å²) >= 11 is 0. The van der Waals surface area contributed by atoms with Gasteiger partial charge in [0.15, 0.2) is 0 Å². The average Bonchev–Trinajstić information content (AvgIpc) is 2.37. The molecule has 0 aromatic heterocycles. The molecule has 0 saturated carbocycles. The van der Waals surface area contributed by atoms with Crippen LogP contribution in [0.5, 0.6) is 0 Å². The van der Waals surface area contributed by atoms with Crippen molar-refractivity contribution in [3.63, 3.8) is 0 Å². The second-order valence-corrected chi connectivity index (χ2v) is 5.90. The molecule has 1 amide bonds. The molecular weight excluding hydrogens is 242 g/mol. The molecule has 2 atom stereocenters. The lowest BCUT2D eigenvalue weighted by molar-refractivity contribution is -0.126. The van der Waals surface area contributed by atoms with Gasteiger partial charge in [-0.05, 0) is 19.3 Å². The number of amides is 1. The van der Waals surface area contributed by atoms with Crippen LogP contribution in [0.3, 0.4) is 0 Å². The number of rotatable bonds is 7. The van der Waals surface area contributed by atoms with Crippen LogP contribution in [0.1, 0.15) is 33.6 Å². The lowest BCUT2D eigenvalue weighted by atomic mass is 9.96. The van der Waals surface area contributed by atoms with E-state index in [1.54, 1.807) is 6.92 Å². The predicted octanol–water partition coefficient (Wildman–Crippen LogP) is 0.588. The first-order valence-electron chi connectivity index (χ1n) is 7.33. The van der Waals surface area contributed by atoms with Crippen LogP contribution in [0, 0.1) is 5.92 Å². The van der Waals surface area contributed by atoms with Crippen molar-refractivity contribution in [2.75, 3.05) is 39.4 Å². The molecule has 19 heavy (non-hydrogen) atoms. The fourth-order valence-electron chi connectivity index (χ4n) is 2.39. The van der Waals surface area contributed by atoms with E-state index in [1.807, 2.05) is 6.92 Å². The maximum Gasteiger partial charge on any atom is 0.239 e. The van der Waals surface area contributed by atoms with Gasteiger partial charge in [-0.2, -0.15) is 0 Å². The highest BCUT2D eigenvalue weighted by Gasteiger charge is 2.27. The highest BCUT2D eigenvalue weighted by atomic mass is 16.5. The molecule has 5 nitrogen and oxygen atoms in total. The van der Waals surface area contributed by atoms with Gasteiger partial charge in [0, 0.05) is 26.2 Å². The lowest BCUT2D eigenvalue weighted by Crippen LogP contribution is -2.52. The van der Waals surface area contributed by atoms with E-state index >= 15 is 0 Å². The van der Waals surface area contributed by atoms with E-state index < -0.39 is 5.54 Å². The Bertz CT molecular complexity index is 276. The number of nitrogens with zero attached hydrogens (tertiary/aromatic N) is 1. The molecule has 1 aliphatic rings. The van der Waals surface area contributed by atoms with Crippen LogP contribution in [0.25, 0.3) is 0 Å². The second kappa shape index (κ2) is 7.82. The Balaban J connectivity index is 2.25. The van der Waals surface area contributed by atoms with Gasteiger partial charge in [0.05, 0.1) is 18.8 Å². The van der Waals surface area contributed by atoms with Crippen LogP contribution < -0.4 is 11.1 Å². The van der Waals surface area contributed by atoms with E-state index in [9.17, 15) is 4.79 Å². The van der Waals surface area contributed by atoms with E-state index in [4.69, 9.17) is 10.5 Å². The molecule has 0 aromatic carbocycles. The molecule has 2 unspecified atom stereocenters. The normalized spacial score (nSPS) is 21.7. The smallest absolute Gasteiger partial charge is 0.239 e. The molecule has 1 rings (SSSR count). The third-order valence-corrected chi connectivity index (χ3v) is 3.57. The molecule has 3 N–H and O–H groups in total. The van der Waals surface area contributed by atoms with Gasteiger partial charge in [-0.1, -0.05) is 20.3 Å². The molecule has 1 heterocycles. The van der Waals surface area contributed by atoms with Crippen molar-refractivity contribution in [2.24, 2.45) is 11.7 Å². The number of hydrogen-bond donors (Lipinski definition) is 2. The fourth-order valence-corrected chi connectivity index (χ4v) is 2.39. The van der Waals surface area contributed by atoms with Crippen LogP contribution in [0.4, 0.5) is 0 Å². The number of hydrogen-bond acceptors (Lipinski definition) is 4. The molecular formula is C14H29N3O2. The molecule has 1 fully saturated rings. The quantitative estimate of drug-likeness (QED) is 0.711. The van der Waals surface area contributed by atoms with E-state index in [0.717, 1.165) is 45.7 Å². The van der Waals surface area contributed by atoms with Gasteiger partial charge in [-0.25, -0.2) is 0 Å². The number of morpholine rings is 1. The standard InChI is InChI=1S/C14H29N3O2/c1-4-5-14(3,15)13(18)16-10-12(2)11-17-6-8-19-9-7-17/h12H,4-11,15H2,1-3H3,(H,16,18). The molecule has 112 valence electrons. The summed E-state index contributed by atoms with van der Waals surface area (Å²) in [5.74, 6) is 0.391. The lowest BCUT2D eigenvalue weighted by Gasteiger charge is -2.30. The van der Waals surface area contributed by atoms with E-state index in [0.29, 0.717) is 12.5 Å². The molecule has 0 bridgehead atoms. The maximum atomic E-state index is 12.0. The molecule has 0 aliphatic carbocycles. The highest BCUT2D eigenvalue weighted by molar-refractivity contribution is 5.85. The monoisotopic (exact) mass is 271 g/mol. The first-order valence-corrected chi connectivity index (χ1v) is 7.33. The van der Waals surface area contributed by atoms with Gasteiger partial charge in [-0.3, -0.25) is 9.69 Å². The van der Waals surface area contributed by atoms with Crippen molar-refractivity contribution >= 4 is 5.91 Å². The van der Waals surface area contributed by atoms with Crippen molar-refractivity contribution in [3.05, 3.63) is 0 Å². The largest absolute Gasteiger partial charge is 0.379 e. The van der Waals surface area contributed by atoms with Gasteiger partial charge < -0.3 is 15.8 Å². The van der Waals surface area contributed by atoms with Crippen LogP contribution in [0.2, 0.25) is 0 Å². The Morgan fingerprint density at radius 2 is 2.11 bits per heavy atom. The first-order chi connectivity index (χ1) is 8.95. The zero-order valence-electron chi connectivity index (χ0n) is 12.6. The highest BCUT2D eigenvalue weighted by Crippen LogP contribution is 2.09. The Morgan fingerprint density at radius 1 is 1.47 bits per heavy atom. The zero-order chi connectivity index (χ0) is 14.3. The van der Waals surface area contributed by atoms with Gasteiger partial charge >= 0.3 is 0 Å². The van der Waals surface area contributed by atoms with Gasteiger partial charge in [0.1, 0.15) is 0 Å². The van der Waals surface area contributed by atoms with Crippen LogP contribution in [-0.4, -0.2) is 55.7 Å². The summed E-state index contributed by atoms with van der Waals surface area (Å²) in [6, 6.07) is 0. The number of carbonyl (C=O) groups excluding carboxylic acids is 1. The number of nitrogens with one attached hydrogen (secondary N) is 1. The Kier molecular flexibility index (Phi) is 6.75. The van der Waals surface area contributed by atoms with Crippen LogP contribution >= 0.6 is 0 Å². The third kappa shape index (κ3) is 5.89. The molecule has 0 radical (unpaired) electrons. The van der Waals surface area contributed by atoms with Crippen LogP contribution in [-0.2, 0) is 9.53 Å². The SMILES string of the molecule is CCCC(C)(N)C(=O)NCC(C)CN1CCOCC1. The van der Waals surface area contributed by atoms with Crippen molar-refractivity contribution in [3.8, 4) is 0 Å². The van der Waals surface area contributed by atoms with E-state index in [-0.39, 0.29) is 5.91 Å². The van der Waals surface area contributed by atoms with Gasteiger partial charge in [-0.15, -0.1) is 0 Å². The minimum Gasteiger partial charge on any atom is -0.379 e. The summed E-state index contributed by atoms with van der Waals surface area (Å²) in [5.41, 5.74) is 5.26. The minimum atomic E-state index is -0.743. The van der Waals surface area contributed by atoms with Crippen LogP contribution in [0.15, 0.2) is 0 Å². The van der Waals surface area contributed by atoms with E-state index in [1.165, 1.54) is 0 Å². The summed E-state index contributed by atoms with van der Waals surface area (Å²) in [4.78, 5) is 14.4. The average molecular weight is 271 g/mol. The fraction of sp³-hybridized carbons (Fsp3) is 0.929. The zero-order valence-corrected chi connectivity index (χ0v) is 12.6. The molecule has 1 saturated heterocycles. The molecule has 5 heteroatoms. The third-order valence-electron chi connectivity index (χ3n) is 3.57. The maximum absolute atomic E-state index is 12.0. The topological polar surface area (TPSA) is 67.6 Å². The Labute approximate surface area is 116 Å². The number of carbonyl (C=O) groups is 1. The predicted molar refractivity (Wildman–Crippen MR) is 76.9 cm³/mol. The number of nitrogens with two attached hydrogens (primary N) is 1. The van der Waals surface area contributed by atoms with Crippen molar-refractivity contribution in [1.29, 1.82) is 0 Å². The minimum absolute atomic E-state index is 0.0387. The summed E-state index contributed by atoms with van der Waals surface area (Å²) in [6.07, 6.45) is 1.64. The Morgan fingerprint density at radius 3 is 2.68 bits per heavy atom. The van der Waals surface area contributed by atoms with Crippen molar-refractivity contribution in [2.45, 2.75) is 39.2 Å². The summed E-state index contributed by atoms with van der Waals surface area (Å²) in [6.45, 7) is 11.3.